The Morgan fingerprint density at radius 1 is 1.31 bits per heavy atom. The van der Waals surface area contributed by atoms with Crippen LogP contribution in [0.1, 0.15) is 20.3 Å². The monoisotopic (exact) mass is 186 g/mol. The molecule has 2 atom stereocenters. The molecule has 0 aromatic carbocycles. The molecule has 0 amide bonds. The minimum atomic E-state index is 0.569. The van der Waals surface area contributed by atoms with Crippen molar-refractivity contribution in [2.45, 2.75) is 26.3 Å². The molecule has 78 valence electrons. The number of ether oxygens (including phenoxy) is 1. The zero-order valence-corrected chi connectivity index (χ0v) is 8.81. The van der Waals surface area contributed by atoms with Crippen LogP contribution in [-0.4, -0.2) is 38.9 Å². The van der Waals surface area contributed by atoms with Crippen molar-refractivity contribution >= 4 is 0 Å². The molecule has 13 heavy (non-hydrogen) atoms. The third-order valence-corrected chi connectivity index (χ3v) is 2.51. The summed E-state index contributed by atoms with van der Waals surface area (Å²) in [6.45, 7) is 9.38. The van der Waals surface area contributed by atoms with Gasteiger partial charge in [0.2, 0.25) is 0 Å². The van der Waals surface area contributed by atoms with Crippen molar-refractivity contribution in [3.05, 3.63) is 0 Å². The van der Waals surface area contributed by atoms with Crippen molar-refractivity contribution < 1.29 is 4.74 Å². The smallest absolute Gasteiger partial charge is 0.0623 e. The molecule has 0 aliphatic carbocycles. The lowest BCUT2D eigenvalue weighted by Crippen LogP contribution is -2.40. The van der Waals surface area contributed by atoms with E-state index < -0.39 is 0 Å². The number of rotatable bonds is 6. The Hall–Kier alpha value is -0.120. The van der Waals surface area contributed by atoms with Gasteiger partial charge in [-0.15, -0.1) is 0 Å². The van der Waals surface area contributed by atoms with Gasteiger partial charge in [-0.3, -0.25) is 0 Å². The second-order valence-electron chi connectivity index (χ2n) is 3.67. The van der Waals surface area contributed by atoms with Crippen LogP contribution in [0, 0.1) is 5.92 Å². The van der Waals surface area contributed by atoms with Gasteiger partial charge >= 0.3 is 0 Å². The molecular weight excluding hydrogens is 164 g/mol. The highest BCUT2D eigenvalue weighted by molar-refractivity contribution is 4.82. The maximum absolute atomic E-state index is 5.46. The molecule has 0 aromatic heterocycles. The lowest BCUT2D eigenvalue weighted by molar-refractivity contribution is 0.182. The molecule has 1 aliphatic heterocycles. The summed E-state index contributed by atoms with van der Waals surface area (Å²) in [4.78, 5) is 0. The standard InChI is InChI=1S/C10H22N2O/c1-3-5-12-10-8-13-7-9(10)6-11-4-2/h9-12H,3-8H2,1-2H3. The summed E-state index contributed by atoms with van der Waals surface area (Å²) in [5.74, 6) is 0.659. The van der Waals surface area contributed by atoms with E-state index in [0.29, 0.717) is 12.0 Å². The van der Waals surface area contributed by atoms with E-state index in [-0.39, 0.29) is 0 Å². The van der Waals surface area contributed by atoms with Crippen molar-refractivity contribution in [3.63, 3.8) is 0 Å². The minimum absolute atomic E-state index is 0.569. The maximum atomic E-state index is 5.46. The van der Waals surface area contributed by atoms with Crippen LogP contribution in [0.15, 0.2) is 0 Å². The predicted octanol–water partition coefficient (Wildman–Crippen LogP) is 0.610. The molecule has 1 rings (SSSR count). The molecule has 1 heterocycles. The Labute approximate surface area is 81.2 Å². The van der Waals surface area contributed by atoms with Crippen molar-refractivity contribution in [1.29, 1.82) is 0 Å². The van der Waals surface area contributed by atoms with Crippen LogP contribution in [0.3, 0.4) is 0 Å². The van der Waals surface area contributed by atoms with E-state index >= 15 is 0 Å². The van der Waals surface area contributed by atoms with E-state index in [0.717, 1.165) is 32.8 Å². The lowest BCUT2D eigenvalue weighted by atomic mass is 10.0. The highest BCUT2D eigenvalue weighted by Gasteiger charge is 2.26. The van der Waals surface area contributed by atoms with E-state index in [1.807, 2.05) is 0 Å². The van der Waals surface area contributed by atoms with E-state index in [9.17, 15) is 0 Å². The van der Waals surface area contributed by atoms with Gasteiger partial charge in [0.25, 0.3) is 0 Å². The van der Waals surface area contributed by atoms with E-state index in [1.54, 1.807) is 0 Å². The third kappa shape index (κ3) is 3.63. The highest BCUT2D eigenvalue weighted by Crippen LogP contribution is 2.12. The van der Waals surface area contributed by atoms with Crippen LogP contribution in [0.2, 0.25) is 0 Å². The maximum Gasteiger partial charge on any atom is 0.0623 e. The molecule has 1 fully saturated rings. The molecule has 1 aliphatic rings. The summed E-state index contributed by atoms with van der Waals surface area (Å²) < 4.78 is 5.46. The van der Waals surface area contributed by atoms with Gasteiger partial charge in [0, 0.05) is 18.5 Å². The zero-order valence-electron chi connectivity index (χ0n) is 8.81. The normalized spacial score (nSPS) is 28.2. The van der Waals surface area contributed by atoms with Gasteiger partial charge in [-0.1, -0.05) is 13.8 Å². The first-order chi connectivity index (χ1) is 6.38. The van der Waals surface area contributed by atoms with Gasteiger partial charge in [-0.2, -0.15) is 0 Å². The van der Waals surface area contributed by atoms with Crippen LogP contribution in [-0.2, 0) is 4.74 Å². The number of hydrogen-bond donors (Lipinski definition) is 2. The van der Waals surface area contributed by atoms with Gasteiger partial charge in [-0.25, -0.2) is 0 Å². The predicted molar refractivity (Wildman–Crippen MR) is 54.9 cm³/mol. The van der Waals surface area contributed by atoms with Crippen LogP contribution in [0.25, 0.3) is 0 Å². The van der Waals surface area contributed by atoms with Crippen LogP contribution in [0.5, 0.6) is 0 Å². The molecule has 3 nitrogen and oxygen atoms in total. The van der Waals surface area contributed by atoms with E-state index in [2.05, 4.69) is 24.5 Å². The summed E-state index contributed by atoms with van der Waals surface area (Å²) in [5, 5.41) is 6.90. The highest BCUT2D eigenvalue weighted by atomic mass is 16.5. The minimum Gasteiger partial charge on any atom is -0.379 e. The molecule has 3 heteroatoms. The Balaban J connectivity index is 2.18. The largest absolute Gasteiger partial charge is 0.379 e. The van der Waals surface area contributed by atoms with Crippen LogP contribution in [0.4, 0.5) is 0 Å². The number of nitrogens with one attached hydrogen (secondary N) is 2. The van der Waals surface area contributed by atoms with Crippen molar-refractivity contribution in [2.24, 2.45) is 5.92 Å². The van der Waals surface area contributed by atoms with Crippen molar-refractivity contribution in [2.75, 3.05) is 32.8 Å². The van der Waals surface area contributed by atoms with Gasteiger partial charge in [0.1, 0.15) is 0 Å². The van der Waals surface area contributed by atoms with Gasteiger partial charge in [-0.05, 0) is 19.5 Å². The summed E-state index contributed by atoms with van der Waals surface area (Å²) in [6, 6.07) is 0.569. The SMILES string of the molecule is CCCNC1COCC1CNCC. The van der Waals surface area contributed by atoms with Gasteiger partial charge in [0.05, 0.1) is 13.2 Å². The van der Waals surface area contributed by atoms with Crippen LogP contribution >= 0.6 is 0 Å². The Kier molecular flexibility index (Phi) is 5.35. The van der Waals surface area contributed by atoms with Gasteiger partial charge < -0.3 is 15.4 Å². The van der Waals surface area contributed by atoms with Crippen molar-refractivity contribution in [1.82, 2.24) is 10.6 Å². The average Bonchev–Trinajstić information content (AvgIpc) is 2.59. The molecular formula is C10H22N2O. The molecule has 0 bridgehead atoms. The molecule has 2 N–H and O–H groups in total. The molecule has 1 saturated heterocycles. The lowest BCUT2D eigenvalue weighted by Gasteiger charge is -2.18. The second-order valence-corrected chi connectivity index (χ2v) is 3.67. The first-order valence-corrected chi connectivity index (χ1v) is 5.40. The Morgan fingerprint density at radius 3 is 2.85 bits per heavy atom. The Bertz CT molecular complexity index is 116. The first kappa shape index (κ1) is 11.0. The number of hydrogen-bond acceptors (Lipinski definition) is 3. The fourth-order valence-corrected chi connectivity index (χ4v) is 1.68. The molecule has 2 unspecified atom stereocenters. The van der Waals surface area contributed by atoms with Gasteiger partial charge in [0.15, 0.2) is 0 Å². The summed E-state index contributed by atoms with van der Waals surface area (Å²) >= 11 is 0. The zero-order chi connectivity index (χ0) is 9.52. The van der Waals surface area contributed by atoms with E-state index in [4.69, 9.17) is 4.74 Å². The molecule has 0 aromatic rings. The summed E-state index contributed by atoms with van der Waals surface area (Å²) in [7, 11) is 0. The summed E-state index contributed by atoms with van der Waals surface area (Å²) in [6.07, 6.45) is 1.20. The quantitative estimate of drug-likeness (QED) is 0.637. The molecule has 0 spiro atoms. The fourth-order valence-electron chi connectivity index (χ4n) is 1.68. The first-order valence-electron chi connectivity index (χ1n) is 5.40. The molecule has 0 radical (unpaired) electrons. The van der Waals surface area contributed by atoms with Crippen LogP contribution < -0.4 is 10.6 Å². The van der Waals surface area contributed by atoms with E-state index in [1.165, 1.54) is 6.42 Å². The third-order valence-electron chi connectivity index (χ3n) is 2.51. The average molecular weight is 186 g/mol. The van der Waals surface area contributed by atoms with Crippen molar-refractivity contribution in [3.8, 4) is 0 Å². The second kappa shape index (κ2) is 6.35. The summed E-state index contributed by atoms with van der Waals surface area (Å²) in [5.41, 5.74) is 0. The molecule has 0 saturated carbocycles. The fraction of sp³-hybridized carbons (Fsp3) is 1.00. The topological polar surface area (TPSA) is 33.3 Å². The Morgan fingerprint density at radius 2 is 2.15 bits per heavy atom.